The molecule has 33 heavy (non-hydrogen) atoms. The largest absolute Gasteiger partial charge is 0.495 e. The Labute approximate surface area is 194 Å². The maximum absolute atomic E-state index is 13.2. The number of fused-ring (bicyclic) bond motifs is 1. The molecule has 2 heterocycles. The molecule has 1 amide bonds. The number of carbonyl (C=O) groups excluding carboxylic acids is 1. The van der Waals surface area contributed by atoms with Crippen molar-refractivity contribution in [3.8, 4) is 17.2 Å². The van der Waals surface area contributed by atoms with Crippen molar-refractivity contribution in [2.75, 3.05) is 37.6 Å². The van der Waals surface area contributed by atoms with E-state index >= 15 is 0 Å². The molecule has 2 aliphatic heterocycles. The number of ether oxygens (including phenoxy) is 3. The van der Waals surface area contributed by atoms with Gasteiger partial charge >= 0.3 is 0 Å². The van der Waals surface area contributed by atoms with Gasteiger partial charge in [-0.25, -0.2) is 8.42 Å². The van der Waals surface area contributed by atoms with Crippen molar-refractivity contribution in [2.45, 2.75) is 43.5 Å². The number of hydrogen-bond acceptors (Lipinski definition) is 7. The molecule has 2 N–H and O–H groups in total. The van der Waals surface area contributed by atoms with E-state index in [1.54, 1.807) is 41.6 Å². The van der Waals surface area contributed by atoms with E-state index < -0.39 is 16.1 Å². The number of carbonyl (C=O) groups is 1. The first-order valence-corrected chi connectivity index (χ1v) is 12.5. The van der Waals surface area contributed by atoms with Crippen LogP contribution in [0.3, 0.4) is 0 Å². The molecule has 9 nitrogen and oxygen atoms in total. The fraction of sp³-hybridized carbons (Fsp3) is 0.435. The average molecular weight is 476 g/mol. The number of rotatable bonds is 7. The molecule has 0 bridgehead atoms. The van der Waals surface area contributed by atoms with E-state index in [0.717, 1.165) is 25.7 Å². The van der Waals surface area contributed by atoms with Gasteiger partial charge in [-0.1, -0.05) is 12.8 Å². The molecule has 10 heteroatoms. The van der Waals surface area contributed by atoms with E-state index in [1.807, 2.05) is 0 Å². The number of sulfonamides is 1. The smallest absolute Gasteiger partial charge is 0.246 e. The third-order valence-electron chi connectivity index (χ3n) is 5.78. The van der Waals surface area contributed by atoms with Crippen molar-refractivity contribution in [3.63, 3.8) is 0 Å². The lowest BCUT2D eigenvalue weighted by atomic mass is 10.2. The second-order valence-electron chi connectivity index (χ2n) is 8.10. The van der Waals surface area contributed by atoms with Crippen LogP contribution in [-0.4, -0.2) is 51.7 Å². The Morgan fingerprint density at radius 3 is 2.48 bits per heavy atom. The Balaban J connectivity index is 1.49. The number of hydrogen-bond donors (Lipinski definition) is 2. The molecule has 2 aromatic carbocycles. The van der Waals surface area contributed by atoms with Crippen molar-refractivity contribution in [1.29, 1.82) is 0 Å². The zero-order valence-electron chi connectivity index (χ0n) is 18.8. The van der Waals surface area contributed by atoms with Crippen molar-refractivity contribution in [2.24, 2.45) is 0 Å². The van der Waals surface area contributed by atoms with E-state index in [2.05, 4.69) is 10.6 Å². The molecule has 0 spiro atoms. The van der Waals surface area contributed by atoms with Crippen LogP contribution < -0.4 is 24.8 Å². The van der Waals surface area contributed by atoms with Crippen LogP contribution in [0, 0.1) is 0 Å². The summed E-state index contributed by atoms with van der Waals surface area (Å²) in [4.78, 5) is 12.9. The summed E-state index contributed by atoms with van der Waals surface area (Å²) < 4.78 is 44.0. The van der Waals surface area contributed by atoms with Gasteiger partial charge in [-0.2, -0.15) is 4.31 Å². The Morgan fingerprint density at radius 2 is 1.76 bits per heavy atom. The van der Waals surface area contributed by atoms with Crippen LogP contribution >= 0.6 is 0 Å². The lowest BCUT2D eigenvalue weighted by Gasteiger charge is -2.22. The van der Waals surface area contributed by atoms with Gasteiger partial charge in [0.15, 0.2) is 11.5 Å². The summed E-state index contributed by atoms with van der Waals surface area (Å²) in [5.74, 6) is 1.36. The normalized spacial score (nSPS) is 17.2. The quantitative estimate of drug-likeness (QED) is 0.632. The number of benzene rings is 2. The van der Waals surface area contributed by atoms with Crippen LogP contribution in [0.25, 0.3) is 0 Å². The van der Waals surface area contributed by atoms with Crippen LogP contribution in [0.5, 0.6) is 17.2 Å². The van der Waals surface area contributed by atoms with Gasteiger partial charge in [-0.05, 0) is 50.1 Å². The molecule has 0 aliphatic carbocycles. The molecular formula is C23H29N3O6S. The summed E-state index contributed by atoms with van der Waals surface area (Å²) in [5, 5.41) is 5.91. The monoisotopic (exact) mass is 475 g/mol. The molecule has 2 aromatic rings. The Bertz CT molecular complexity index is 1110. The zero-order valence-corrected chi connectivity index (χ0v) is 19.6. The van der Waals surface area contributed by atoms with Gasteiger partial charge in [0.2, 0.25) is 22.7 Å². The number of amides is 1. The van der Waals surface area contributed by atoms with Gasteiger partial charge in [0.1, 0.15) is 11.8 Å². The highest BCUT2D eigenvalue weighted by molar-refractivity contribution is 7.89. The molecule has 1 saturated heterocycles. The van der Waals surface area contributed by atoms with Crippen molar-refractivity contribution in [3.05, 3.63) is 36.4 Å². The highest BCUT2D eigenvalue weighted by Gasteiger charge is 2.27. The molecule has 0 radical (unpaired) electrons. The third-order valence-corrected chi connectivity index (χ3v) is 7.67. The van der Waals surface area contributed by atoms with Gasteiger partial charge in [-0.3, -0.25) is 4.79 Å². The SMILES string of the molecule is COc1ccc(S(=O)(=O)N2CCCCCC2)cc1NC(C)C(=O)Nc1ccc2c(c1)OCO2. The fourth-order valence-corrected chi connectivity index (χ4v) is 5.46. The summed E-state index contributed by atoms with van der Waals surface area (Å²) >= 11 is 0. The number of nitrogens with zero attached hydrogens (tertiary/aromatic N) is 1. The van der Waals surface area contributed by atoms with E-state index in [9.17, 15) is 13.2 Å². The molecule has 4 rings (SSSR count). The molecular weight excluding hydrogens is 446 g/mol. The molecule has 178 valence electrons. The number of nitrogens with one attached hydrogen (secondary N) is 2. The number of methoxy groups -OCH3 is 1. The topological polar surface area (TPSA) is 106 Å². The minimum atomic E-state index is -3.63. The molecule has 1 unspecified atom stereocenters. The van der Waals surface area contributed by atoms with Gasteiger partial charge < -0.3 is 24.8 Å². The van der Waals surface area contributed by atoms with Crippen LogP contribution in [0.2, 0.25) is 0 Å². The first-order chi connectivity index (χ1) is 15.9. The highest BCUT2D eigenvalue weighted by atomic mass is 32.2. The fourth-order valence-electron chi connectivity index (χ4n) is 3.92. The van der Waals surface area contributed by atoms with E-state index in [4.69, 9.17) is 14.2 Å². The molecule has 0 saturated carbocycles. The standard InChI is InChI=1S/C23H29N3O6S/c1-16(23(27)25-17-7-9-21-22(13-17)32-15-31-21)24-19-14-18(8-10-20(19)30-2)33(28,29)26-11-5-3-4-6-12-26/h7-10,13-14,16,24H,3-6,11-12,15H2,1-2H3,(H,25,27). The summed E-state index contributed by atoms with van der Waals surface area (Å²) in [7, 11) is -2.13. The summed E-state index contributed by atoms with van der Waals surface area (Å²) in [6.45, 7) is 2.88. The van der Waals surface area contributed by atoms with Crippen molar-refractivity contribution in [1.82, 2.24) is 4.31 Å². The zero-order chi connectivity index (χ0) is 23.4. The molecule has 1 fully saturated rings. The van der Waals surface area contributed by atoms with Gasteiger partial charge in [0, 0.05) is 24.8 Å². The maximum Gasteiger partial charge on any atom is 0.246 e. The lowest BCUT2D eigenvalue weighted by molar-refractivity contribution is -0.116. The first kappa shape index (κ1) is 23.2. The van der Waals surface area contributed by atoms with Crippen LogP contribution in [-0.2, 0) is 14.8 Å². The lowest BCUT2D eigenvalue weighted by Crippen LogP contribution is -2.33. The van der Waals surface area contributed by atoms with E-state index in [0.29, 0.717) is 41.7 Å². The van der Waals surface area contributed by atoms with E-state index in [-0.39, 0.29) is 17.6 Å². The van der Waals surface area contributed by atoms with Crippen LogP contribution in [0.1, 0.15) is 32.6 Å². The molecule has 1 atom stereocenters. The average Bonchev–Trinajstić information content (AvgIpc) is 3.09. The van der Waals surface area contributed by atoms with Gasteiger partial charge in [-0.15, -0.1) is 0 Å². The first-order valence-electron chi connectivity index (χ1n) is 11.0. The predicted octanol–water partition coefficient (Wildman–Crippen LogP) is 3.43. The summed E-state index contributed by atoms with van der Waals surface area (Å²) in [6, 6.07) is 9.17. The Hall–Kier alpha value is -2.98. The maximum atomic E-state index is 13.2. The van der Waals surface area contributed by atoms with Gasteiger partial charge in [0.05, 0.1) is 17.7 Å². The highest BCUT2D eigenvalue weighted by Crippen LogP contribution is 2.34. The Kier molecular flexibility index (Phi) is 6.94. The summed E-state index contributed by atoms with van der Waals surface area (Å²) in [6.07, 6.45) is 3.80. The minimum Gasteiger partial charge on any atom is -0.495 e. The number of anilines is 2. The second kappa shape index (κ2) is 9.88. The van der Waals surface area contributed by atoms with Crippen molar-refractivity contribution < 1.29 is 27.4 Å². The minimum absolute atomic E-state index is 0.154. The van der Waals surface area contributed by atoms with Gasteiger partial charge in [0.25, 0.3) is 0 Å². The molecule has 2 aliphatic rings. The predicted molar refractivity (Wildman–Crippen MR) is 125 cm³/mol. The van der Waals surface area contributed by atoms with E-state index in [1.165, 1.54) is 13.2 Å². The Morgan fingerprint density at radius 1 is 1.03 bits per heavy atom. The second-order valence-corrected chi connectivity index (χ2v) is 10.0. The summed E-state index contributed by atoms with van der Waals surface area (Å²) in [5.41, 5.74) is 1.00. The van der Waals surface area contributed by atoms with Crippen LogP contribution in [0.4, 0.5) is 11.4 Å². The van der Waals surface area contributed by atoms with Crippen LogP contribution in [0.15, 0.2) is 41.3 Å². The van der Waals surface area contributed by atoms with Crippen molar-refractivity contribution >= 4 is 27.3 Å². The third kappa shape index (κ3) is 5.17. The molecule has 0 aromatic heterocycles.